The summed E-state index contributed by atoms with van der Waals surface area (Å²) in [5.74, 6) is 0.133. The predicted molar refractivity (Wildman–Crippen MR) is 99.9 cm³/mol. The Morgan fingerprint density at radius 3 is 2.60 bits per heavy atom. The predicted octanol–water partition coefficient (Wildman–Crippen LogP) is 2.32. The summed E-state index contributed by atoms with van der Waals surface area (Å²) in [6.07, 6.45) is 2.73. The van der Waals surface area contributed by atoms with E-state index in [0.29, 0.717) is 12.3 Å². The van der Waals surface area contributed by atoms with Crippen molar-refractivity contribution in [3.8, 4) is 0 Å². The normalized spacial score (nSPS) is 19.4. The second-order valence-electron chi connectivity index (χ2n) is 7.45. The summed E-state index contributed by atoms with van der Waals surface area (Å²) in [7, 11) is 0. The van der Waals surface area contributed by atoms with E-state index in [9.17, 15) is 9.59 Å². The molecule has 2 rings (SSSR count). The zero-order valence-electron chi connectivity index (χ0n) is 15.6. The van der Waals surface area contributed by atoms with Gasteiger partial charge in [-0.3, -0.25) is 14.5 Å². The van der Waals surface area contributed by atoms with Crippen LogP contribution in [-0.4, -0.2) is 41.9 Å². The van der Waals surface area contributed by atoms with Crippen molar-refractivity contribution in [2.24, 2.45) is 5.92 Å². The van der Waals surface area contributed by atoms with Crippen LogP contribution in [0, 0.1) is 5.92 Å². The quantitative estimate of drug-likeness (QED) is 0.797. The highest BCUT2D eigenvalue weighted by atomic mass is 16.2. The maximum atomic E-state index is 12.6. The summed E-state index contributed by atoms with van der Waals surface area (Å²) in [6, 6.07) is 10.1. The topological polar surface area (TPSA) is 61.4 Å². The zero-order valence-corrected chi connectivity index (χ0v) is 15.6. The van der Waals surface area contributed by atoms with Gasteiger partial charge in [-0.15, -0.1) is 0 Å². The second-order valence-corrected chi connectivity index (χ2v) is 7.45. The van der Waals surface area contributed by atoms with Crippen LogP contribution in [0.4, 0.5) is 0 Å². The number of carbonyl (C=O) groups is 2. The van der Waals surface area contributed by atoms with Crippen LogP contribution in [0.5, 0.6) is 0 Å². The van der Waals surface area contributed by atoms with E-state index in [2.05, 4.69) is 53.6 Å². The lowest BCUT2D eigenvalue weighted by Crippen LogP contribution is -2.53. The molecule has 2 N–H and O–H groups in total. The van der Waals surface area contributed by atoms with Crippen LogP contribution in [0.15, 0.2) is 30.3 Å². The molecule has 138 valence electrons. The molecule has 0 saturated carbocycles. The number of carbonyl (C=O) groups excluding carboxylic acids is 2. The van der Waals surface area contributed by atoms with Gasteiger partial charge in [-0.2, -0.15) is 0 Å². The van der Waals surface area contributed by atoms with Crippen LogP contribution >= 0.6 is 0 Å². The minimum absolute atomic E-state index is 0.0598. The molecule has 0 spiro atoms. The van der Waals surface area contributed by atoms with Gasteiger partial charge in [-0.25, -0.2) is 0 Å². The standard InChI is InChI=1S/C20H31N3O2/c1-15(2)12-19(21-16(3)24)20(25)22-18-10-7-11-23(14-18)13-17-8-5-4-6-9-17/h4-6,8-9,15,18-19H,7,10-14H2,1-3H3,(H,21,24)(H,22,25)/t18?,19-/m0/s1. The van der Waals surface area contributed by atoms with E-state index in [1.54, 1.807) is 0 Å². The van der Waals surface area contributed by atoms with E-state index in [4.69, 9.17) is 0 Å². The van der Waals surface area contributed by atoms with Crippen molar-refractivity contribution in [2.75, 3.05) is 13.1 Å². The fourth-order valence-electron chi connectivity index (χ4n) is 3.41. The Hall–Kier alpha value is -1.88. The monoisotopic (exact) mass is 345 g/mol. The first kappa shape index (κ1) is 19.4. The summed E-state index contributed by atoms with van der Waals surface area (Å²) in [5, 5.41) is 5.94. The first-order valence-corrected chi connectivity index (χ1v) is 9.27. The molecule has 1 saturated heterocycles. The van der Waals surface area contributed by atoms with Gasteiger partial charge in [0.15, 0.2) is 0 Å². The molecule has 1 aliphatic heterocycles. The Morgan fingerprint density at radius 2 is 1.96 bits per heavy atom. The third-order valence-electron chi connectivity index (χ3n) is 4.50. The maximum absolute atomic E-state index is 12.6. The summed E-state index contributed by atoms with van der Waals surface area (Å²) in [5.41, 5.74) is 1.30. The summed E-state index contributed by atoms with van der Waals surface area (Å²) in [4.78, 5) is 26.4. The lowest BCUT2D eigenvalue weighted by atomic mass is 10.0. The second kappa shape index (κ2) is 9.56. The highest BCUT2D eigenvalue weighted by Crippen LogP contribution is 2.14. The molecule has 1 aliphatic rings. The molecule has 1 heterocycles. The van der Waals surface area contributed by atoms with Crippen LogP contribution < -0.4 is 10.6 Å². The fourth-order valence-corrected chi connectivity index (χ4v) is 3.41. The number of piperidine rings is 1. The van der Waals surface area contributed by atoms with Crippen LogP contribution in [-0.2, 0) is 16.1 Å². The van der Waals surface area contributed by atoms with Gasteiger partial charge in [0, 0.05) is 26.1 Å². The molecule has 1 aromatic rings. The Kier molecular flexibility index (Phi) is 7.44. The van der Waals surface area contributed by atoms with Gasteiger partial charge in [-0.1, -0.05) is 44.2 Å². The van der Waals surface area contributed by atoms with Gasteiger partial charge in [0.25, 0.3) is 0 Å². The average Bonchev–Trinajstić information content (AvgIpc) is 2.54. The summed E-state index contributed by atoms with van der Waals surface area (Å²) < 4.78 is 0. The highest BCUT2D eigenvalue weighted by Gasteiger charge is 2.26. The van der Waals surface area contributed by atoms with E-state index < -0.39 is 6.04 Å². The number of hydrogen-bond donors (Lipinski definition) is 2. The average molecular weight is 345 g/mol. The third kappa shape index (κ3) is 6.86. The molecule has 0 bridgehead atoms. The van der Waals surface area contributed by atoms with Crippen LogP contribution in [0.1, 0.15) is 45.6 Å². The number of rotatable bonds is 7. The van der Waals surface area contributed by atoms with Crippen LogP contribution in [0.25, 0.3) is 0 Å². The zero-order chi connectivity index (χ0) is 18.2. The molecule has 0 aliphatic carbocycles. The van der Waals surface area contributed by atoms with Crippen LogP contribution in [0.2, 0.25) is 0 Å². The Balaban J connectivity index is 1.89. The first-order valence-electron chi connectivity index (χ1n) is 9.27. The smallest absolute Gasteiger partial charge is 0.242 e. The van der Waals surface area contributed by atoms with Gasteiger partial charge >= 0.3 is 0 Å². The fraction of sp³-hybridized carbons (Fsp3) is 0.600. The SMILES string of the molecule is CC(=O)N[C@@H](CC(C)C)C(=O)NC1CCCN(Cc2ccccc2)C1. The van der Waals surface area contributed by atoms with Crippen molar-refractivity contribution < 1.29 is 9.59 Å². The summed E-state index contributed by atoms with van der Waals surface area (Å²) >= 11 is 0. The number of nitrogens with one attached hydrogen (secondary N) is 2. The van der Waals surface area contributed by atoms with Crippen molar-refractivity contribution in [2.45, 2.75) is 58.7 Å². The van der Waals surface area contributed by atoms with Crippen molar-refractivity contribution in [3.05, 3.63) is 35.9 Å². The molecular formula is C20H31N3O2. The largest absolute Gasteiger partial charge is 0.350 e. The lowest BCUT2D eigenvalue weighted by molar-refractivity contribution is -0.129. The van der Waals surface area contributed by atoms with E-state index in [1.165, 1.54) is 12.5 Å². The van der Waals surface area contributed by atoms with E-state index in [1.807, 2.05) is 6.07 Å². The van der Waals surface area contributed by atoms with Crippen molar-refractivity contribution >= 4 is 11.8 Å². The molecule has 2 atom stereocenters. The van der Waals surface area contributed by atoms with Gasteiger partial charge in [-0.05, 0) is 37.3 Å². The highest BCUT2D eigenvalue weighted by molar-refractivity contribution is 5.87. The molecule has 1 aromatic carbocycles. The van der Waals surface area contributed by atoms with E-state index in [0.717, 1.165) is 32.5 Å². The van der Waals surface area contributed by atoms with Crippen molar-refractivity contribution in [3.63, 3.8) is 0 Å². The molecular weight excluding hydrogens is 314 g/mol. The molecule has 1 fully saturated rings. The Bertz CT molecular complexity index is 559. The molecule has 0 radical (unpaired) electrons. The molecule has 2 amide bonds. The number of amides is 2. The first-order chi connectivity index (χ1) is 11.9. The Labute approximate surface area is 151 Å². The van der Waals surface area contributed by atoms with E-state index >= 15 is 0 Å². The van der Waals surface area contributed by atoms with E-state index in [-0.39, 0.29) is 17.9 Å². The van der Waals surface area contributed by atoms with Gasteiger partial charge in [0.2, 0.25) is 11.8 Å². The number of benzene rings is 1. The number of hydrogen-bond acceptors (Lipinski definition) is 3. The van der Waals surface area contributed by atoms with Crippen molar-refractivity contribution in [1.29, 1.82) is 0 Å². The minimum Gasteiger partial charge on any atom is -0.350 e. The summed E-state index contributed by atoms with van der Waals surface area (Å²) in [6.45, 7) is 8.41. The number of likely N-dealkylation sites (tertiary alicyclic amines) is 1. The van der Waals surface area contributed by atoms with Gasteiger partial charge < -0.3 is 10.6 Å². The van der Waals surface area contributed by atoms with Crippen LogP contribution in [0.3, 0.4) is 0 Å². The third-order valence-corrected chi connectivity index (χ3v) is 4.50. The van der Waals surface area contributed by atoms with Gasteiger partial charge in [0.1, 0.15) is 6.04 Å². The number of nitrogens with zero attached hydrogens (tertiary/aromatic N) is 1. The molecule has 25 heavy (non-hydrogen) atoms. The molecule has 0 aromatic heterocycles. The van der Waals surface area contributed by atoms with Gasteiger partial charge in [0.05, 0.1) is 0 Å². The molecule has 1 unspecified atom stereocenters. The Morgan fingerprint density at radius 1 is 1.24 bits per heavy atom. The maximum Gasteiger partial charge on any atom is 0.242 e. The molecule has 5 heteroatoms. The molecule has 5 nitrogen and oxygen atoms in total. The van der Waals surface area contributed by atoms with Crippen molar-refractivity contribution in [1.82, 2.24) is 15.5 Å². The lowest BCUT2D eigenvalue weighted by Gasteiger charge is -2.34. The minimum atomic E-state index is -0.443.